The lowest BCUT2D eigenvalue weighted by Gasteiger charge is -2.25. The van der Waals surface area contributed by atoms with Crippen molar-refractivity contribution >= 4 is 17.4 Å². The molecule has 1 aliphatic heterocycles. The highest BCUT2D eigenvalue weighted by molar-refractivity contribution is 6.46. The van der Waals surface area contributed by atoms with E-state index in [0.29, 0.717) is 36.4 Å². The average Bonchev–Trinajstić information content (AvgIpc) is 2.97. The Labute approximate surface area is 169 Å². The smallest absolute Gasteiger partial charge is 0.295 e. The first-order chi connectivity index (χ1) is 14.0. The van der Waals surface area contributed by atoms with Crippen LogP contribution in [0.3, 0.4) is 0 Å². The van der Waals surface area contributed by atoms with E-state index in [2.05, 4.69) is 0 Å². The topological polar surface area (TPSA) is 66.8 Å². The molecule has 3 rings (SSSR count). The lowest BCUT2D eigenvalue weighted by molar-refractivity contribution is -0.139. The van der Waals surface area contributed by atoms with Crippen molar-refractivity contribution in [2.75, 3.05) is 13.2 Å². The summed E-state index contributed by atoms with van der Waals surface area (Å²) in [5.74, 6) is -1.53. The van der Waals surface area contributed by atoms with Gasteiger partial charge in [-0.1, -0.05) is 37.6 Å². The minimum atomic E-state index is -0.766. The van der Waals surface area contributed by atoms with E-state index in [-0.39, 0.29) is 11.3 Å². The molecule has 0 aliphatic carbocycles. The van der Waals surface area contributed by atoms with E-state index in [0.717, 1.165) is 6.42 Å². The summed E-state index contributed by atoms with van der Waals surface area (Å²) in [6, 6.07) is 11.6. The zero-order valence-electron chi connectivity index (χ0n) is 16.5. The number of carbonyl (C=O) groups excluding carboxylic acids is 2. The molecular weight excluding hydrogens is 373 g/mol. The third kappa shape index (κ3) is 4.16. The first kappa shape index (κ1) is 20.6. The first-order valence-corrected chi connectivity index (χ1v) is 9.75. The van der Waals surface area contributed by atoms with Gasteiger partial charge in [0.15, 0.2) is 0 Å². The molecule has 2 aromatic carbocycles. The van der Waals surface area contributed by atoms with Crippen LogP contribution < -0.4 is 4.74 Å². The van der Waals surface area contributed by atoms with Crippen LogP contribution in [0.5, 0.6) is 5.75 Å². The van der Waals surface area contributed by atoms with Gasteiger partial charge in [-0.05, 0) is 43.2 Å². The molecular formula is C23H24FNO4. The van der Waals surface area contributed by atoms with Crippen LogP contribution in [0.15, 0.2) is 54.1 Å². The molecule has 29 heavy (non-hydrogen) atoms. The molecule has 6 heteroatoms. The van der Waals surface area contributed by atoms with Crippen LogP contribution in [0, 0.1) is 5.82 Å². The largest absolute Gasteiger partial charge is 0.507 e. The molecule has 0 bridgehead atoms. The predicted octanol–water partition coefficient (Wildman–Crippen LogP) is 4.45. The number of ketones is 1. The van der Waals surface area contributed by atoms with Gasteiger partial charge in [0.2, 0.25) is 0 Å². The summed E-state index contributed by atoms with van der Waals surface area (Å²) in [5, 5.41) is 11.0. The van der Waals surface area contributed by atoms with Gasteiger partial charge in [0.25, 0.3) is 11.7 Å². The second kappa shape index (κ2) is 8.90. The molecule has 1 aliphatic rings. The summed E-state index contributed by atoms with van der Waals surface area (Å²) >= 11 is 0. The van der Waals surface area contributed by atoms with Crippen molar-refractivity contribution in [3.8, 4) is 5.75 Å². The number of rotatable bonds is 7. The molecule has 0 aromatic heterocycles. The number of amides is 1. The zero-order chi connectivity index (χ0) is 21.0. The van der Waals surface area contributed by atoms with Crippen molar-refractivity contribution in [3.05, 3.63) is 71.0 Å². The van der Waals surface area contributed by atoms with E-state index in [9.17, 15) is 19.1 Å². The van der Waals surface area contributed by atoms with Crippen LogP contribution in [-0.4, -0.2) is 34.8 Å². The number of aliphatic hydroxyl groups is 1. The maximum Gasteiger partial charge on any atom is 0.295 e. The third-order valence-electron chi connectivity index (χ3n) is 4.90. The van der Waals surface area contributed by atoms with E-state index in [1.165, 1.54) is 29.2 Å². The van der Waals surface area contributed by atoms with Gasteiger partial charge in [0.05, 0.1) is 18.2 Å². The third-order valence-corrected chi connectivity index (χ3v) is 4.90. The number of ether oxygens (including phenoxy) is 1. The number of benzene rings is 2. The Morgan fingerprint density at radius 1 is 1.14 bits per heavy atom. The van der Waals surface area contributed by atoms with E-state index >= 15 is 0 Å². The van der Waals surface area contributed by atoms with Gasteiger partial charge < -0.3 is 14.7 Å². The van der Waals surface area contributed by atoms with E-state index in [1.54, 1.807) is 24.3 Å². The van der Waals surface area contributed by atoms with Crippen molar-refractivity contribution in [2.45, 2.75) is 32.7 Å². The Morgan fingerprint density at radius 2 is 1.86 bits per heavy atom. The Morgan fingerprint density at radius 3 is 2.52 bits per heavy atom. The molecule has 1 heterocycles. The summed E-state index contributed by atoms with van der Waals surface area (Å²) in [7, 11) is 0. The fourth-order valence-corrected chi connectivity index (χ4v) is 3.49. The van der Waals surface area contributed by atoms with Gasteiger partial charge in [0.1, 0.15) is 17.3 Å². The fraction of sp³-hybridized carbons (Fsp3) is 0.304. The second-order valence-electron chi connectivity index (χ2n) is 6.86. The Kier molecular flexibility index (Phi) is 6.32. The van der Waals surface area contributed by atoms with Crippen molar-refractivity contribution < 1.29 is 23.8 Å². The van der Waals surface area contributed by atoms with Crippen LogP contribution in [0.2, 0.25) is 0 Å². The van der Waals surface area contributed by atoms with E-state index < -0.39 is 23.5 Å². The molecule has 5 nitrogen and oxygen atoms in total. The number of Topliss-reactive ketones (excluding diaryl/α,β-unsaturated/α-hetero) is 1. The number of hydrogen-bond acceptors (Lipinski definition) is 4. The van der Waals surface area contributed by atoms with Crippen molar-refractivity contribution in [1.29, 1.82) is 0 Å². The monoisotopic (exact) mass is 397 g/mol. The van der Waals surface area contributed by atoms with Crippen LogP contribution in [0.25, 0.3) is 5.76 Å². The van der Waals surface area contributed by atoms with Gasteiger partial charge in [0, 0.05) is 12.1 Å². The molecule has 1 saturated heterocycles. The number of carbonyl (C=O) groups is 2. The predicted molar refractivity (Wildman–Crippen MR) is 108 cm³/mol. The van der Waals surface area contributed by atoms with Crippen LogP contribution in [0.4, 0.5) is 4.39 Å². The highest BCUT2D eigenvalue weighted by Gasteiger charge is 2.45. The average molecular weight is 397 g/mol. The number of hydrogen-bond donors (Lipinski definition) is 1. The molecule has 1 unspecified atom stereocenters. The van der Waals surface area contributed by atoms with Gasteiger partial charge >= 0.3 is 0 Å². The zero-order valence-corrected chi connectivity index (χ0v) is 16.5. The van der Waals surface area contributed by atoms with E-state index in [4.69, 9.17) is 4.74 Å². The Balaban J connectivity index is 2.13. The van der Waals surface area contributed by atoms with Crippen molar-refractivity contribution in [3.63, 3.8) is 0 Å². The molecule has 2 aromatic rings. The van der Waals surface area contributed by atoms with Crippen molar-refractivity contribution in [1.82, 2.24) is 4.90 Å². The highest BCUT2D eigenvalue weighted by Crippen LogP contribution is 2.39. The van der Waals surface area contributed by atoms with Crippen LogP contribution in [-0.2, 0) is 9.59 Å². The summed E-state index contributed by atoms with van der Waals surface area (Å²) < 4.78 is 18.9. The normalized spacial score (nSPS) is 18.3. The number of unbranched alkanes of at least 4 members (excludes halogenated alkanes) is 1. The second-order valence-corrected chi connectivity index (χ2v) is 6.86. The highest BCUT2D eigenvalue weighted by atomic mass is 19.1. The molecule has 1 atom stereocenters. The molecule has 0 radical (unpaired) electrons. The standard InChI is InChI=1S/C23H24FNO4/c1-3-5-13-25-20(15-9-11-17(24)12-10-15)19(22(27)23(25)28)21(26)16-7-6-8-18(14-16)29-4-2/h6-12,14,20,26H,3-5,13H2,1-2H3/b21-19-. The Bertz CT molecular complexity index is 936. The van der Waals surface area contributed by atoms with Crippen LogP contribution in [0.1, 0.15) is 43.9 Å². The number of halogens is 1. The molecule has 152 valence electrons. The summed E-state index contributed by atoms with van der Waals surface area (Å²) in [6.07, 6.45) is 1.56. The fourth-order valence-electron chi connectivity index (χ4n) is 3.49. The summed E-state index contributed by atoms with van der Waals surface area (Å²) in [6.45, 7) is 4.67. The maximum absolute atomic E-state index is 13.4. The van der Waals surface area contributed by atoms with Crippen molar-refractivity contribution in [2.24, 2.45) is 0 Å². The molecule has 1 amide bonds. The molecule has 1 N–H and O–H groups in total. The minimum absolute atomic E-state index is 0.00589. The van der Waals surface area contributed by atoms with Crippen LogP contribution >= 0.6 is 0 Å². The lowest BCUT2D eigenvalue weighted by atomic mass is 9.95. The minimum Gasteiger partial charge on any atom is -0.507 e. The molecule has 1 fully saturated rings. The summed E-state index contributed by atoms with van der Waals surface area (Å²) in [5.41, 5.74) is 0.965. The number of nitrogens with zero attached hydrogens (tertiary/aromatic N) is 1. The summed E-state index contributed by atoms with van der Waals surface area (Å²) in [4.78, 5) is 27.0. The van der Waals surface area contributed by atoms with E-state index in [1.807, 2.05) is 13.8 Å². The lowest BCUT2D eigenvalue weighted by Crippen LogP contribution is -2.30. The SMILES string of the molecule is CCCCN1C(=O)C(=O)/C(=C(\O)c2cccc(OCC)c2)C1c1ccc(F)cc1. The maximum atomic E-state index is 13.4. The first-order valence-electron chi connectivity index (χ1n) is 9.75. The van der Waals surface area contributed by atoms with Gasteiger partial charge in [-0.2, -0.15) is 0 Å². The Hall–Kier alpha value is -3.15. The number of aliphatic hydroxyl groups excluding tert-OH is 1. The van der Waals surface area contributed by atoms with Gasteiger partial charge in [-0.3, -0.25) is 9.59 Å². The van der Waals surface area contributed by atoms with Gasteiger partial charge in [-0.15, -0.1) is 0 Å². The number of likely N-dealkylation sites (tertiary alicyclic amines) is 1. The quantitative estimate of drug-likeness (QED) is 0.426. The molecule has 0 spiro atoms. The van der Waals surface area contributed by atoms with Gasteiger partial charge in [-0.25, -0.2) is 4.39 Å². The molecule has 0 saturated carbocycles.